The van der Waals surface area contributed by atoms with Gasteiger partial charge in [-0.2, -0.15) is 0 Å². The highest BCUT2D eigenvalue weighted by molar-refractivity contribution is 5.80. The molecule has 0 bridgehead atoms. The third kappa shape index (κ3) is 4.82. The van der Waals surface area contributed by atoms with E-state index >= 15 is 0 Å². The first-order valence-corrected chi connectivity index (χ1v) is 6.87. The minimum atomic E-state index is -1.10. The summed E-state index contributed by atoms with van der Waals surface area (Å²) in [6.07, 6.45) is 2.43. The van der Waals surface area contributed by atoms with Gasteiger partial charge < -0.3 is 16.2 Å². The van der Waals surface area contributed by atoms with E-state index in [1.54, 1.807) is 13.1 Å². The highest BCUT2D eigenvalue weighted by Gasteiger charge is 2.24. The number of carboxylic acids is 1. The van der Waals surface area contributed by atoms with E-state index in [1.807, 2.05) is 20.8 Å². The van der Waals surface area contributed by atoms with Gasteiger partial charge in [-0.15, -0.1) is 5.10 Å². The highest BCUT2D eigenvalue weighted by Crippen LogP contribution is 2.11. The second kappa shape index (κ2) is 6.66. The minimum Gasteiger partial charge on any atom is -0.480 e. The Morgan fingerprint density at radius 2 is 2.14 bits per heavy atom. The Bertz CT molecular complexity index is 512. The van der Waals surface area contributed by atoms with Crippen molar-refractivity contribution in [2.75, 3.05) is 0 Å². The third-order valence-corrected chi connectivity index (χ3v) is 3.43. The van der Waals surface area contributed by atoms with Crippen LogP contribution in [0.25, 0.3) is 0 Å². The molecule has 0 saturated carbocycles. The van der Waals surface area contributed by atoms with E-state index < -0.39 is 18.1 Å². The van der Waals surface area contributed by atoms with E-state index in [0.717, 1.165) is 6.42 Å². The van der Waals surface area contributed by atoms with Gasteiger partial charge in [0.05, 0.1) is 5.69 Å². The van der Waals surface area contributed by atoms with Crippen LogP contribution in [0.2, 0.25) is 0 Å². The summed E-state index contributed by atoms with van der Waals surface area (Å²) >= 11 is 0. The second-order valence-corrected chi connectivity index (χ2v) is 5.74. The van der Waals surface area contributed by atoms with Crippen LogP contribution in [-0.2, 0) is 16.0 Å². The normalized spacial score (nSPS) is 14.5. The van der Waals surface area contributed by atoms with Gasteiger partial charge in [0.1, 0.15) is 12.1 Å². The molecule has 8 heteroatoms. The molecule has 0 aliphatic heterocycles. The summed E-state index contributed by atoms with van der Waals surface area (Å²) in [5, 5.41) is 19.4. The standard InChI is InChI=1S/C13H23N5O3/c1-5-13(3,4)15-11(19)8(2)18-7-9(16-17-18)6-10(14)12(20)21/h7-8,10H,5-6,14H2,1-4H3,(H,15,19)(H,20,21). The lowest BCUT2D eigenvalue weighted by Gasteiger charge is -2.26. The number of hydrogen-bond acceptors (Lipinski definition) is 5. The molecule has 118 valence electrons. The van der Waals surface area contributed by atoms with Crippen LogP contribution in [0, 0.1) is 0 Å². The van der Waals surface area contributed by atoms with Gasteiger partial charge in [0.2, 0.25) is 5.91 Å². The maximum absolute atomic E-state index is 12.1. The summed E-state index contributed by atoms with van der Waals surface area (Å²) < 4.78 is 1.41. The van der Waals surface area contributed by atoms with Crippen LogP contribution in [0.4, 0.5) is 0 Å². The lowest BCUT2D eigenvalue weighted by Crippen LogP contribution is -2.45. The number of nitrogens with two attached hydrogens (primary N) is 1. The van der Waals surface area contributed by atoms with E-state index in [1.165, 1.54) is 4.68 Å². The number of rotatable bonds is 7. The quantitative estimate of drug-likeness (QED) is 0.656. The van der Waals surface area contributed by atoms with E-state index in [0.29, 0.717) is 5.69 Å². The summed E-state index contributed by atoms with van der Waals surface area (Å²) in [5.41, 5.74) is 5.59. The molecule has 0 aromatic carbocycles. The number of nitrogens with one attached hydrogen (secondary N) is 1. The van der Waals surface area contributed by atoms with Gasteiger partial charge in [-0.05, 0) is 27.2 Å². The average molecular weight is 297 g/mol. The molecule has 0 aliphatic carbocycles. The SMILES string of the molecule is CCC(C)(C)NC(=O)C(C)n1cc(CC(N)C(=O)O)nn1. The van der Waals surface area contributed by atoms with Gasteiger partial charge in [0.25, 0.3) is 0 Å². The molecule has 1 amide bonds. The molecule has 0 aliphatic rings. The van der Waals surface area contributed by atoms with Crippen molar-refractivity contribution in [3.05, 3.63) is 11.9 Å². The zero-order valence-electron chi connectivity index (χ0n) is 12.8. The molecule has 1 aromatic heterocycles. The predicted octanol–water partition coefficient (Wildman–Crippen LogP) is 0.0983. The van der Waals surface area contributed by atoms with Crippen molar-refractivity contribution in [1.82, 2.24) is 20.3 Å². The summed E-state index contributed by atoms with van der Waals surface area (Å²) in [6.45, 7) is 7.58. The fraction of sp³-hybridized carbons (Fsp3) is 0.692. The van der Waals surface area contributed by atoms with E-state index in [-0.39, 0.29) is 17.9 Å². The summed E-state index contributed by atoms with van der Waals surface area (Å²) in [5.74, 6) is -1.26. The summed E-state index contributed by atoms with van der Waals surface area (Å²) in [7, 11) is 0. The van der Waals surface area contributed by atoms with Crippen LogP contribution in [0.15, 0.2) is 6.20 Å². The van der Waals surface area contributed by atoms with Crippen molar-refractivity contribution in [2.45, 2.75) is 58.2 Å². The first kappa shape index (κ1) is 17.1. The Morgan fingerprint density at radius 1 is 1.52 bits per heavy atom. The molecule has 0 fully saturated rings. The minimum absolute atomic E-state index is 0.0735. The first-order valence-electron chi connectivity index (χ1n) is 6.87. The molecule has 1 rings (SSSR count). The van der Waals surface area contributed by atoms with Gasteiger partial charge in [-0.3, -0.25) is 9.59 Å². The number of aliphatic carboxylic acids is 1. The number of amides is 1. The van der Waals surface area contributed by atoms with Crippen LogP contribution in [0.1, 0.15) is 45.9 Å². The van der Waals surface area contributed by atoms with Crippen LogP contribution in [0.3, 0.4) is 0 Å². The van der Waals surface area contributed by atoms with E-state index in [2.05, 4.69) is 15.6 Å². The topological polar surface area (TPSA) is 123 Å². The molecule has 1 aromatic rings. The van der Waals surface area contributed by atoms with Crippen molar-refractivity contribution in [3.63, 3.8) is 0 Å². The molecular formula is C13H23N5O3. The van der Waals surface area contributed by atoms with Gasteiger partial charge >= 0.3 is 5.97 Å². The number of nitrogens with zero attached hydrogens (tertiary/aromatic N) is 3. The van der Waals surface area contributed by atoms with E-state index in [9.17, 15) is 9.59 Å². The smallest absolute Gasteiger partial charge is 0.320 e. The van der Waals surface area contributed by atoms with Crippen molar-refractivity contribution in [3.8, 4) is 0 Å². The van der Waals surface area contributed by atoms with Crippen LogP contribution >= 0.6 is 0 Å². The number of aromatic nitrogens is 3. The third-order valence-electron chi connectivity index (χ3n) is 3.43. The van der Waals surface area contributed by atoms with Gasteiger partial charge in [0, 0.05) is 18.2 Å². The number of carbonyl (C=O) groups excluding carboxylic acids is 1. The lowest BCUT2D eigenvalue weighted by atomic mass is 10.0. The molecule has 0 spiro atoms. The average Bonchev–Trinajstić information content (AvgIpc) is 2.85. The van der Waals surface area contributed by atoms with Crippen molar-refractivity contribution in [2.24, 2.45) is 5.73 Å². The Morgan fingerprint density at radius 3 is 2.67 bits per heavy atom. The molecule has 2 atom stereocenters. The van der Waals surface area contributed by atoms with Gasteiger partial charge in [-0.25, -0.2) is 4.68 Å². The fourth-order valence-corrected chi connectivity index (χ4v) is 1.56. The number of carboxylic acid groups (broad SMARTS) is 1. The molecule has 0 saturated heterocycles. The Kier molecular flexibility index (Phi) is 5.42. The Labute approximate surface area is 123 Å². The lowest BCUT2D eigenvalue weighted by molar-refractivity contribution is -0.138. The molecule has 1 heterocycles. The Balaban J connectivity index is 2.71. The zero-order chi connectivity index (χ0) is 16.2. The summed E-state index contributed by atoms with van der Waals surface area (Å²) in [4.78, 5) is 22.8. The van der Waals surface area contributed by atoms with Crippen LogP contribution in [0.5, 0.6) is 0 Å². The molecule has 21 heavy (non-hydrogen) atoms. The van der Waals surface area contributed by atoms with Gasteiger partial charge in [-0.1, -0.05) is 12.1 Å². The van der Waals surface area contributed by atoms with Crippen LogP contribution < -0.4 is 11.1 Å². The van der Waals surface area contributed by atoms with Crippen molar-refractivity contribution in [1.29, 1.82) is 0 Å². The number of hydrogen-bond donors (Lipinski definition) is 3. The van der Waals surface area contributed by atoms with Crippen LogP contribution in [-0.4, -0.2) is 43.6 Å². The van der Waals surface area contributed by atoms with Gasteiger partial charge in [0.15, 0.2) is 0 Å². The molecule has 4 N–H and O–H groups in total. The molecule has 2 unspecified atom stereocenters. The predicted molar refractivity (Wildman–Crippen MR) is 76.6 cm³/mol. The zero-order valence-corrected chi connectivity index (χ0v) is 12.8. The maximum Gasteiger partial charge on any atom is 0.320 e. The van der Waals surface area contributed by atoms with E-state index in [4.69, 9.17) is 10.8 Å². The monoisotopic (exact) mass is 297 g/mol. The van der Waals surface area contributed by atoms with Crippen molar-refractivity contribution < 1.29 is 14.7 Å². The molecular weight excluding hydrogens is 274 g/mol. The number of carbonyl (C=O) groups is 2. The molecule has 0 radical (unpaired) electrons. The summed E-state index contributed by atoms with van der Waals surface area (Å²) in [6, 6.07) is -1.56. The fourth-order valence-electron chi connectivity index (χ4n) is 1.56. The Hall–Kier alpha value is -1.96. The highest BCUT2D eigenvalue weighted by atomic mass is 16.4. The maximum atomic E-state index is 12.1. The first-order chi connectivity index (χ1) is 9.66. The molecule has 8 nitrogen and oxygen atoms in total. The largest absolute Gasteiger partial charge is 0.480 e. The second-order valence-electron chi connectivity index (χ2n) is 5.74. The van der Waals surface area contributed by atoms with Crippen molar-refractivity contribution >= 4 is 11.9 Å².